The highest BCUT2D eigenvalue weighted by molar-refractivity contribution is 5.89. The minimum absolute atomic E-state index is 0.0396. The summed E-state index contributed by atoms with van der Waals surface area (Å²) in [6, 6.07) is -0.434. The molecule has 7 nitrogen and oxygen atoms in total. The number of carboxylic acid groups (broad SMARTS) is 1. The molecule has 2 fully saturated rings. The highest BCUT2D eigenvalue weighted by atomic mass is 16.5. The first-order valence-electron chi connectivity index (χ1n) is 7.30. The summed E-state index contributed by atoms with van der Waals surface area (Å²) < 4.78 is 5.26. The maximum Gasteiger partial charge on any atom is 0.311 e. The van der Waals surface area contributed by atoms with Gasteiger partial charge in [-0.2, -0.15) is 0 Å². The second-order valence-electron chi connectivity index (χ2n) is 5.76. The number of carbonyl (C=O) groups is 3. The van der Waals surface area contributed by atoms with Gasteiger partial charge in [0.2, 0.25) is 11.8 Å². The van der Waals surface area contributed by atoms with Crippen molar-refractivity contribution in [3.63, 3.8) is 0 Å². The fraction of sp³-hybridized carbons (Fsp3) is 0.786. The van der Waals surface area contributed by atoms with E-state index in [1.54, 1.807) is 16.8 Å². The zero-order valence-electron chi connectivity index (χ0n) is 12.4. The van der Waals surface area contributed by atoms with Crippen molar-refractivity contribution in [1.29, 1.82) is 0 Å². The summed E-state index contributed by atoms with van der Waals surface area (Å²) >= 11 is 0. The average Bonchev–Trinajstić information content (AvgIpc) is 3.03. The third-order valence-corrected chi connectivity index (χ3v) is 4.21. The van der Waals surface area contributed by atoms with Crippen molar-refractivity contribution in [2.45, 2.75) is 25.8 Å². The van der Waals surface area contributed by atoms with E-state index in [9.17, 15) is 19.5 Å². The SMILES string of the molecule is CCCN(C(=O)C1CC(=O)N(C)C1)C1COCC1C(=O)O. The Morgan fingerprint density at radius 2 is 2.14 bits per heavy atom. The van der Waals surface area contributed by atoms with Gasteiger partial charge >= 0.3 is 5.97 Å². The van der Waals surface area contributed by atoms with E-state index in [1.165, 1.54) is 0 Å². The lowest BCUT2D eigenvalue weighted by Gasteiger charge is -2.32. The molecule has 2 saturated heterocycles. The minimum Gasteiger partial charge on any atom is -0.481 e. The van der Waals surface area contributed by atoms with Crippen molar-refractivity contribution in [3.05, 3.63) is 0 Å². The molecule has 21 heavy (non-hydrogen) atoms. The van der Waals surface area contributed by atoms with E-state index in [-0.39, 0.29) is 37.4 Å². The van der Waals surface area contributed by atoms with Crippen LogP contribution in [0.3, 0.4) is 0 Å². The van der Waals surface area contributed by atoms with Gasteiger partial charge in [-0.3, -0.25) is 14.4 Å². The predicted octanol–water partition coefficient (Wildman–Crippen LogP) is -0.197. The van der Waals surface area contributed by atoms with Crippen LogP contribution in [0.5, 0.6) is 0 Å². The molecule has 7 heteroatoms. The monoisotopic (exact) mass is 298 g/mol. The summed E-state index contributed by atoms with van der Waals surface area (Å²) in [7, 11) is 1.68. The van der Waals surface area contributed by atoms with Crippen LogP contribution in [-0.4, -0.2) is 72.1 Å². The van der Waals surface area contributed by atoms with Gasteiger partial charge in [-0.05, 0) is 6.42 Å². The summed E-state index contributed by atoms with van der Waals surface area (Å²) in [5.41, 5.74) is 0. The van der Waals surface area contributed by atoms with Crippen molar-refractivity contribution < 1.29 is 24.2 Å². The quantitative estimate of drug-likeness (QED) is 0.759. The first-order chi connectivity index (χ1) is 9.95. The second kappa shape index (κ2) is 6.43. The number of ether oxygens (including phenoxy) is 1. The number of hydrogen-bond donors (Lipinski definition) is 1. The van der Waals surface area contributed by atoms with Gasteiger partial charge < -0.3 is 19.6 Å². The number of likely N-dealkylation sites (tertiary alicyclic amines) is 1. The van der Waals surface area contributed by atoms with Crippen LogP contribution < -0.4 is 0 Å². The molecule has 0 spiro atoms. The first kappa shape index (κ1) is 15.8. The predicted molar refractivity (Wildman–Crippen MR) is 73.5 cm³/mol. The van der Waals surface area contributed by atoms with Crippen LogP contribution in [0, 0.1) is 11.8 Å². The summed E-state index contributed by atoms with van der Waals surface area (Å²) in [4.78, 5) is 38.7. The summed E-state index contributed by atoms with van der Waals surface area (Å²) in [6.07, 6.45) is 0.950. The number of hydrogen-bond acceptors (Lipinski definition) is 4. The van der Waals surface area contributed by atoms with E-state index in [0.717, 1.165) is 6.42 Å². The Labute approximate surface area is 123 Å². The van der Waals surface area contributed by atoms with Gasteiger partial charge in [-0.15, -0.1) is 0 Å². The molecule has 118 valence electrons. The van der Waals surface area contributed by atoms with Crippen molar-refractivity contribution in [3.8, 4) is 0 Å². The lowest BCUT2D eigenvalue weighted by molar-refractivity contribution is -0.146. The number of carboxylic acids is 1. The number of amides is 2. The molecule has 2 aliphatic heterocycles. The first-order valence-corrected chi connectivity index (χ1v) is 7.30. The van der Waals surface area contributed by atoms with Crippen LogP contribution in [0.4, 0.5) is 0 Å². The smallest absolute Gasteiger partial charge is 0.311 e. The van der Waals surface area contributed by atoms with Crippen LogP contribution in [-0.2, 0) is 19.1 Å². The molecule has 0 bridgehead atoms. The Hall–Kier alpha value is -1.63. The van der Waals surface area contributed by atoms with Crippen molar-refractivity contribution >= 4 is 17.8 Å². The van der Waals surface area contributed by atoms with Crippen molar-refractivity contribution in [1.82, 2.24) is 9.80 Å². The Balaban J connectivity index is 2.13. The summed E-state index contributed by atoms with van der Waals surface area (Å²) in [5.74, 6) is -2.16. The molecule has 2 heterocycles. The zero-order valence-corrected chi connectivity index (χ0v) is 12.4. The van der Waals surface area contributed by atoms with Crippen LogP contribution in [0.25, 0.3) is 0 Å². The molecular weight excluding hydrogens is 276 g/mol. The third kappa shape index (κ3) is 3.18. The number of aliphatic carboxylic acids is 1. The molecule has 0 saturated carbocycles. The topological polar surface area (TPSA) is 87.2 Å². The van der Waals surface area contributed by atoms with Gasteiger partial charge in [0.1, 0.15) is 5.92 Å². The van der Waals surface area contributed by atoms with E-state index in [2.05, 4.69) is 0 Å². The molecule has 0 aliphatic carbocycles. The summed E-state index contributed by atoms with van der Waals surface area (Å²) in [5, 5.41) is 9.25. The number of rotatable bonds is 5. The van der Waals surface area contributed by atoms with E-state index in [0.29, 0.717) is 13.1 Å². The average molecular weight is 298 g/mol. The van der Waals surface area contributed by atoms with Gasteiger partial charge in [0, 0.05) is 26.6 Å². The molecule has 0 aromatic heterocycles. The molecule has 0 aromatic carbocycles. The van der Waals surface area contributed by atoms with E-state index < -0.39 is 17.9 Å². The maximum absolute atomic E-state index is 12.7. The zero-order chi connectivity index (χ0) is 15.6. The highest BCUT2D eigenvalue weighted by Gasteiger charge is 2.43. The van der Waals surface area contributed by atoms with Crippen LogP contribution in [0.1, 0.15) is 19.8 Å². The Morgan fingerprint density at radius 3 is 2.67 bits per heavy atom. The van der Waals surface area contributed by atoms with E-state index in [4.69, 9.17) is 4.74 Å². The van der Waals surface area contributed by atoms with E-state index in [1.807, 2.05) is 6.92 Å². The molecule has 2 aliphatic rings. The fourth-order valence-electron chi connectivity index (χ4n) is 3.03. The molecule has 2 rings (SSSR count). The van der Waals surface area contributed by atoms with Gasteiger partial charge in [0.15, 0.2) is 0 Å². The highest BCUT2D eigenvalue weighted by Crippen LogP contribution is 2.25. The number of carbonyl (C=O) groups excluding carboxylic acids is 2. The second-order valence-corrected chi connectivity index (χ2v) is 5.76. The van der Waals surface area contributed by atoms with Crippen LogP contribution in [0.2, 0.25) is 0 Å². The van der Waals surface area contributed by atoms with Gasteiger partial charge in [0.05, 0.1) is 25.2 Å². The Kier molecular flexibility index (Phi) is 4.82. The Morgan fingerprint density at radius 1 is 1.43 bits per heavy atom. The molecule has 0 radical (unpaired) electrons. The molecule has 3 atom stereocenters. The van der Waals surface area contributed by atoms with Crippen molar-refractivity contribution in [2.75, 3.05) is 33.4 Å². The molecule has 0 aromatic rings. The molecule has 2 amide bonds. The standard InChI is InChI=1S/C14H22N2O5/c1-3-4-16(11-8-21-7-10(11)14(19)20)13(18)9-5-12(17)15(2)6-9/h9-11H,3-8H2,1-2H3,(H,19,20). The van der Waals surface area contributed by atoms with Crippen LogP contribution >= 0.6 is 0 Å². The molecule has 1 N–H and O–H groups in total. The minimum atomic E-state index is -0.939. The molecular formula is C14H22N2O5. The lowest BCUT2D eigenvalue weighted by atomic mass is 9.99. The normalized spacial score (nSPS) is 29.0. The Bertz CT molecular complexity index is 439. The van der Waals surface area contributed by atoms with Gasteiger partial charge in [0.25, 0.3) is 0 Å². The lowest BCUT2D eigenvalue weighted by Crippen LogP contribution is -2.49. The third-order valence-electron chi connectivity index (χ3n) is 4.21. The maximum atomic E-state index is 12.7. The largest absolute Gasteiger partial charge is 0.481 e. The van der Waals surface area contributed by atoms with Crippen LogP contribution in [0.15, 0.2) is 0 Å². The van der Waals surface area contributed by atoms with Gasteiger partial charge in [-0.25, -0.2) is 0 Å². The molecule has 3 unspecified atom stereocenters. The summed E-state index contributed by atoms with van der Waals surface area (Å²) in [6.45, 7) is 3.22. The fourth-order valence-corrected chi connectivity index (χ4v) is 3.03. The number of nitrogens with zero attached hydrogens (tertiary/aromatic N) is 2. The van der Waals surface area contributed by atoms with Crippen molar-refractivity contribution in [2.24, 2.45) is 11.8 Å². The van der Waals surface area contributed by atoms with E-state index >= 15 is 0 Å². The van der Waals surface area contributed by atoms with Gasteiger partial charge in [-0.1, -0.05) is 6.92 Å².